The lowest BCUT2D eigenvalue weighted by Crippen LogP contribution is -2.19. The second-order valence-electron chi connectivity index (χ2n) is 4.44. The highest BCUT2D eigenvalue weighted by Crippen LogP contribution is 2.67. The van der Waals surface area contributed by atoms with Crippen molar-refractivity contribution in [3.8, 4) is 0 Å². The molecule has 1 aromatic rings. The highest BCUT2D eigenvalue weighted by atomic mass is 79.9. The Bertz CT molecular complexity index is 599. The van der Waals surface area contributed by atoms with Gasteiger partial charge in [-0.3, -0.25) is 9.36 Å². The van der Waals surface area contributed by atoms with Gasteiger partial charge in [0.1, 0.15) is 0 Å². The lowest BCUT2D eigenvalue weighted by Gasteiger charge is -2.26. The Labute approximate surface area is 142 Å². The maximum Gasteiger partial charge on any atom is 0.404 e. The molecule has 0 aromatic heterocycles. The molecule has 0 aliphatic carbocycles. The Balaban J connectivity index is 3.22. The summed E-state index contributed by atoms with van der Waals surface area (Å²) in [6.07, 6.45) is -0.0600. The zero-order valence-corrected chi connectivity index (χ0v) is 15.5. The van der Waals surface area contributed by atoms with Crippen LogP contribution in [0.4, 0.5) is 8.78 Å². The maximum atomic E-state index is 14.7. The second kappa shape index (κ2) is 8.33. The van der Waals surface area contributed by atoms with Gasteiger partial charge in [-0.15, -0.1) is 0 Å². The molecule has 1 rings (SSSR count). The largest absolute Gasteiger partial charge is 0.469 e. The SMILES string of the molecule is CCOP(=O)(OCC)C(F)(F)c1ccc(CC(=O)OC)cc1Br. The van der Waals surface area contributed by atoms with Crippen molar-refractivity contribution in [2.45, 2.75) is 25.9 Å². The molecule has 130 valence electrons. The molecule has 5 nitrogen and oxygen atoms in total. The molecule has 0 atom stereocenters. The number of carbonyl (C=O) groups is 1. The van der Waals surface area contributed by atoms with E-state index in [0.29, 0.717) is 5.56 Å². The Morgan fingerprint density at radius 2 is 1.83 bits per heavy atom. The minimum Gasteiger partial charge on any atom is -0.469 e. The summed E-state index contributed by atoms with van der Waals surface area (Å²) < 4.78 is 55.8. The second-order valence-corrected chi connectivity index (χ2v) is 7.37. The summed E-state index contributed by atoms with van der Waals surface area (Å²) in [4.78, 5) is 11.2. The van der Waals surface area contributed by atoms with E-state index in [1.54, 1.807) is 0 Å². The zero-order chi connectivity index (χ0) is 17.7. The van der Waals surface area contributed by atoms with Crippen molar-refractivity contribution in [1.82, 2.24) is 0 Å². The van der Waals surface area contributed by atoms with Gasteiger partial charge in [-0.1, -0.05) is 28.1 Å². The summed E-state index contributed by atoms with van der Waals surface area (Å²) in [5.41, 5.74) is -3.89. The number of hydrogen-bond acceptors (Lipinski definition) is 5. The minimum atomic E-state index is -4.67. The monoisotopic (exact) mass is 414 g/mol. The maximum absolute atomic E-state index is 14.7. The molecule has 0 unspecified atom stereocenters. The van der Waals surface area contributed by atoms with Gasteiger partial charge in [0.15, 0.2) is 0 Å². The van der Waals surface area contributed by atoms with Crippen LogP contribution in [0.25, 0.3) is 0 Å². The van der Waals surface area contributed by atoms with Crippen LogP contribution < -0.4 is 0 Å². The number of carbonyl (C=O) groups excluding carboxylic acids is 1. The van der Waals surface area contributed by atoms with Crippen molar-refractivity contribution in [1.29, 1.82) is 0 Å². The van der Waals surface area contributed by atoms with Crippen LogP contribution in [0.3, 0.4) is 0 Å². The number of rotatable bonds is 8. The quantitative estimate of drug-likeness (QED) is 0.463. The molecule has 0 heterocycles. The molecule has 0 aliphatic heterocycles. The van der Waals surface area contributed by atoms with E-state index in [9.17, 15) is 18.1 Å². The summed E-state index contributed by atoms with van der Waals surface area (Å²) in [7, 11) is -3.44. The molecule has 0 spiro atoms. The molecular weight excluding hydrogens is 397 g/mol. The van der Waals surface area contributed by atoms with E-state index in [2.05, 4.69) is 20.7 Å². The van der Waals surface area contributed by atoms with Gasteiger partial charge in [0, 0.05) is 10.0 Å². The van der Waals surface area contributed by atoms with Crippen LogP contribution in [0.5, 0.6) is 0 Å². The lowest BCUT2D eigenvalue weighted by molar-refractivity contribution is -0.139. The number of hydrogen-bond donors (Lipinski definition) is 0. The van der Waals surface area contributed by atoms with Crippen molar-refractivity contribution in [2.75, 3.05) is 20.3 Å². The third-order valence-electron chi connectivity index (χ3n) is 2.88. The molecule has 0 bridgehead atoms. The van der Waals surface area contributed by atoms with Crippen LogP contribution in [0.2, 0.25) is 0 Å². The van der Waals surface area contributed by atoms with E-state index in [-0.39, 0.29) is 24.1 Å². The van der Waals surface area contributed by atoms with E-state index in [0.717, 1.165) is 6.07 Å². The predicted octanol–water partition coefficient (Wildman–Crippen LogP) is 4.48. The first-order valence-electron chi connectivity index (χ1n) is 6.84. The molecule has 0 radical (unpaired) electrons. The standard InChI is InChI=1S/C14H18BrF2O5P/c1-4-21-23(19,22-5-2)14(16,17)11-7-6-10(8-12(11)15)9-13(18)20-3/h6-8H,4-5,9H2,1-3H3. The Kier molecular flexibility index (Phi) is 7.32. The van der Waals surface area contributed by atoms with Gasteiger partial charge >= 0.3 is 19.2 Å². The molecule has 0 amide bonds. The van der Waals surface area contributed by atoms with Gasteiger partial charge in [-0.05, 0) is 25.5 Å². The fourth-order valence-electron chi connectivity index (χ4n) is 1.84. The fraction of sp³-hybridized carbons (Fsp3) is 0.500. The minimum absolute atomic E-state index is 0.00327. The van der Waals surface area contributed by atoms with Crippen LogP contribution >= 0.6 is 23.5 Å². The van der Waals surface area contributed by atoms with Gasteiger partial charge in [0.25, 0.3) is 0 Å². The van der Waals surface area contributed by atoms with Crippen LogP contribution in [-0.4, -0.2) is 26.3 Å². The summed E-state index contributed by atoms with van der Waals surface area (Å²) in [5, 5.41) is 0. The molecule has 9 heteroatoms. The predicted molar refractivity (Wildman–Crippen MR) is 84.6 cm³/mol. The normalized spacial score (nSPS) is 12.3. The average molecular weight is 415 g/mol. The van der Waals surface area contributed by atoms with Crippen molar-refractivity contribution in [2.24, 2.45) is 0 Å². The van der Waals surface area contributed by atoms with E-state index in [4.69, 9.17) is 9.05 Å². The van der Waals surface area contributed by atoms with Crippen molar-refractivity contribution in [3.05, 3.63) is 33.8 Å². The topological polar surface area (TPSA) is 61.8 Å². The van der Waals surface area contributed by atoms with Crippen LogP contribution in [0.1, 0.15) is 25.0 Å². The number of methoxy groups -OCH3 is 1. The Hall–Kier alpha value is -0.820. The van der Waals surface area contributed by atoms with Crippen molar-refractivity contribution < 1.29 is 31.9 Å². The number of benzene rings is 1. The Morgan fingerprint density at radius 3 is 2.26 bits per heavy atom. The molecule has 0 saturated heterocycles. The molecule has 0 aliphatic rings. The Morgan fingerprint density at radius 1 is 1.26 bits per heavy atom. The smallest absolute Gasteiger partial charge is 0.404 e. The molecule has 0 fully saturated rings. The number of halogens is 3. The van der Waals surface area contributed by atoms with Gasteiger partial charge in [0.05, 0.1) is 26.7 Å². The third-order valence-corrected chi connectivity index (χ3v) is 5.66. The molecule has 1 aromatic carbocycles. The highest BCUT2D eigenvalue weighted by Gasteiger charge is 2.55. The lowest BCUT2D eigenvalue weighted by atomic mass is 10.1. The van der Waals surface area contributed by atoms with Crippen LogP contribution in [0, 0.1) is 0 Å². The van der Waals surface area contributed by atoms with Gasteiger partial charge in [0.2, 0.25) is 0 Å². The summed E-state index contributed by atoms with van der Waals surface area (Å²) >= 11 is 3.03. The first-order chi connectivity index (χ1) is 10.7. The van der Waals surface area contributed by atoms with Gasteiger partial charge < -0.3 is 13.8 Å². The number of ether oxygens (including phenoxy) is 1. The van der Waals surface area contributed by atoms with Gasteiger partial charge in [-0.2, -0.15) is 8.78 Å². The molecular formula is C14H18BrF2O5P. The third kappa shape index (κ3) is 4.59. The fourth-order valence-corrected chi connectivity index (χ4v) is 4.24. The van der Waals surface area contributed by atoms with E-state index in [1.807, 2.05) is 0 Å². The average Bonchev–Trinajstić information content (AvgIpc) is 2.47. The molecule has 0 saturated carbocycles. The first kappa shape index (κ1) is 20.2. The van der Waals surface area contributed by atoms with Crippen molar-refractivity contribution in [3.63, 3.8) is 0 Å². The zero-order valence-electron chi connectivity index (χ0n) is 13.0. The van der Waals surface area contributed by atoms with E-state index in [1.165, 1.54) is 33.1 Å². The van der Waals surface area contributed by atoms with Crippen LogP contribution in [0.15, 0.2) is 22.7 Å². The summed E-state index contributed by atoms with van der Waals surface area (Å²) in [6, 6.07) is 3.78. The van der Waals surface area contributed by atoms with Crippen molar-refractivity contribution >= 4 is 29.5 Å². The van der Waals surface area contributed by atoms with Crippen LogP contribution in [-0.2, 0) is 35.2 Å². The van der Waals surface area contributed by atoms with Gasteiger partial charge in [-0.25, -0.2) is 0 Å². The number of esters is 1. The summed E-state index contributed by atoms with van der Waals surface area (Å²) in [6.45, 7) is 2.56. The van der Waals surface area contributed by atoms with E-state index >= 15 is 0 Å². The number of alkyl halides is 2. The first-order valence-corrected chi connectivity index (χ1v) is 9.18. The summed E-state index contributed by atoms with van der Waals surface area (Å²) in [5.74, 6) is -0.495. The highest BCUT2D eigenvalue weighted by molar-refractivity contribution is 9.10. The van der Waals surface area contributed by atoms with E-state index < -0.39 is 24.8 Å². The molecule has 23 heavy (non-hydrogen) atoms. The molecule has 0 N–H and O–H groups in total.